The van der Waals surface area contributed by atoms with Crippen LogP contribution in [0.1, 0.15) is 107 Å². The first-order chi connectivity index (χ1) is 17.0. The number of rotatable bonds is 8. The molecule has 0 unspecified atom stereocenters. The number of nitrogens with one attached hydrogen (secondary N) is 1. The van der Waals surface area contributed by atoms with Gasteiger partial charge in [-0.25, -0.2) is 4.83 Å². The minimum Gasteiger partial charge on any atom is -0.350 e. The summed E-state index contributed by atoms with van der Waals surface area (Å²) in [6.07, 6.45) is 8.19. The van der Waals surface area contributed by atoms with E-state index in [0.29, 0.717) is 10.8 Å². The van der Waals surface area contributed by atoms with Crippen molar-refractivity contribution < 1.29 is 8.42 Å². The van der Waals surface area contributed by atoms with Gasteiger partial charge in [-0.1, -0.05) is 84.7 Å². The summed E-state index contributed by atoms with van der Waals surface area (Å²) in [5.74, 6) is 0.480. The largest absolute Gasteiger partial charge is 0.350 e. The number of hydrogen-bond acceptors (Lipinski definition) is 3. The summed E-state index contributed by atoms with van der Waals surface area (Å²) in [6, 6.07) is 12.5. The van der Waals surface area contributed by atoms with E-state index < -0.39 is 10.0 Å². The molecule has 6 heteroatoms. The normalized spacial score (nSPS) is 16.3. The number of hydrogen-bond donors (Lipinski definition) is 1. The second-order valence-electron chi connectivity index (χ2n) is 11.4. The van der Waals surface area contributed by atoms with Crippen LogP contribution >= 0.6 is 0 Å². The maximum atomic E-state index is 13.8. The fourth-order valence-corrected chi connectivity index (χ4v) is 7.17. The van der Waals surface area contributed by atoms with E-state index in [2.05, 4.69) is 106 Å². The van der Waals surface area contributed by atoms with Gasteiger partial charge in [0.2, 0.25) is 0 Å². The second kappa shape index (κ2) is 10.0. The van der Waals surface area contributed by atoms with Crippen molar-refractivity contribution in [3.05, 3.63) is 64.8 Å². The van der Waals surface area contributed by atoms with E-state index in [1.54, 1.807) is 0 Å². The molecule has 2 aromatic carbocycles. The summed E-state index contributed by atoms with van der Waals surface area (Å²) < 4.78 is 29.7. The van der Waals surface area contributed by atoms with Crippen LogP contribution < -0.4 is 4.83 Å². The zero-order valence-electron chi connectivity index (χ0n) is 22.8. The molecule has 0 aliphatic heterocycles. The Hall–Kier alpha value is -2.60. The molecule has 0 spiro atoms. The van der Waals surface area contributed by atoms with Crippen molar-refractivity contribution in [1.29, 1.82) is 0 Å². The summed E-state index contributed by atoms with van der Waals surface area (Å²) in [4.78, 5) is 3.01. The van der Waals surface area contributed by atoms with E-state index in [1.165, 1.54) is 22.0 Å². The van der Waals surface area contributed by atoms with E-state index in [-0.39, 0.29) is 17.3 Å². The van der Waals surface area contributed by atoms with Crippen molar-refractivity contribution >= 4 is 27.1 Å². The third-order valence-corrected chi connectivity index (χ3v) is 9.12. The Morgan fingerprint density at radius 2 is 1.53 bits per heavy atom. The van der Waals surface area contributed by atoms with Gasteiger partial charge in [0.05, 0.1) is 4.90 Å². The number of benzene rings is 2. The Labute approximate surface area is 217 Å². The zero-order valence-corrected chi connectivity index (χ0v) is 23.6. The van der Waals surface area contributed by atoms with E-state index in [9.17, 15) is 8.42 Å². The van der Waals surface area contributed by atoms with Crippen molar-refractivity contribution in [3.63, 3.8) is 0 Å². The third kappa shape index (κ3) is 4.84. The maximum Gasteiger partial charge on any atom is 0.277 e. The molecule has 36 heavy (non-hydrogen) atoms. The molecule has 0 saturated heterocycles. The summed E-state index contributed by atoms with van der Waals surface area (Å²) in [5.41, 5.74) is 5.03. The number of aryl methyl sites for hydroxylation is 1. The van der Waals surface area contributed by atoms with Crippen LogP contribution in [0.15, 0.2) is 52.6 Å². The van der Waals surface area contributed by atoms with Gasteiger partial charge in [-0.15, -0.1) is 0 Å². The SMILES string of the molecule is CC(C)c1cc(C(C)C)c(S(=O)(=O)N/N=C/C2(c3cn(C)c4ccccc34)CCCC2)c(C(C)C)c1. The Kier molecular flexibility index (Phi) is 7.38. The molecule has 194 valence electrons. The number of para-hydroxylation sites is 1. The summed E-state index contributed by atoms with van der Waals surface area (Å²) in [5, 5.41) is 5.66. The molecule has 3 aromatic rings. The molecule has 5 nitrogen and oxygen atoms in total. The number of aromatic nitrogens is 1. The van der Waals surface area contributed by atoms with Crippen LogP contribution in [0.2, 0.25) is 0 Å². The van der Waals surface area contributed by atoms with Gasteiger partial charge in [0.25, 0.3) is 10.0 Å². The molecule has 1 saturated carbocycles. The standard InChI is InChI=1S/C30H41N3O2S/c1-20(2)23-16-25(21(3)4)29(26(17-23)22(5)6)36(34,35)32-31-19-30(14-10-11-15-30)27-18-33(7)28-13-9-8-12-24(27)28/h8-9,12-13,16-22,32H,10-11,14-15H2,1-7H3/b31-19+. The molecular formula is C30H41N3O2S. The van der Waals surface area contributed by atoms with Crippen LogP contribution in [0.3, 0.4) is 0 Å². The van der Waals surface area contributed by atoms with E-state index >= 15 is 0 Å². The van der Waals surface area contributed by atoms with Crippen LogP contribution in [0, 0.1) is 0 Å². The minimum atomic E-state index is -3.85. The van der Waals surface area contributed by atoms with Gasteiger partial charge in [-0.05, 0) is 58.9 Å². The molecule has 0 bridgehead atoms. The summed E-state index contributed by atoms with van der Waals surface area (Å²) in [7, 11) is -1.78. The molecule has 1 aliphatic rings. The molecule has 1 aliphatic carbocycles. The number of fused-ring (bicyclic) bond motifs is 1. The Balaban J connectivity index is 1.75. The summed E-state index contributed by atoms with van der Waals surface area (Å²) in [6.45, 7) is 12.5. The highest BCUT2D eigenvalue weighted by Crippen LogP contribution is 2.43. The lowest BCUT2D eigenvalue weighted by molar-refractivity contribution is 0.576. The highest BCUT2D eigenvalue weighted by Gasteiger charge is 2.37. The predicted octanol–water partition coefficient (Wildman–Crippen LogP) is 7.32. The quantitative estimate of drug-likeness (QED) is 0.256. The van der Waals surface area contributed by atoms with Crippen LogP contribution in [-0.4, -0.2) is 19.2 Å². The molecule has 1 N–H and O–H groups in total. The van der Waals surface area contributed by atoms with Crippen LogP contribution in [-0.2, 0) is 22.5 Å². The smallest absolute Gasteiger partial charge is 0.277 e. The molecule has 1 fully saturated rings. The summed E-state index contributed by atoms with van der Waals surface area (Å²) >= 11 is 0. The molecule has 0 radical (unpaired) electrons. The van der Waals surface area contributed by atoms with Crippen LogP contribution in [0.4, 0.5) is 0 Å². The fraction of sp³-hybridized carbons (Fsp3) is 0.500. The molecule has 0 amide bonds. The Bertz CT molecular complexity index is 1350. The molecular weight excluding hydrogens is 466 g/mol. The number of hydrazone groups is 1. The van der Waals surface area contributed by atoms with E-state index in [4.69, 9.17) is 0 Å². The maximum absolute atomic E-state index is 13.8. The minimum absolute atomic E-state index is 0.0774. The van der Waals surface area contributed by atoms with Gasteiger partial charge >= 0.3 is 0 Å². The Morgan fingerprint density at radius 3 is 2.08 bits per heavy atom. The van der Waals surface area contributed by atoms with Gasteiger partial charge in [-0.2, -0.15) is 13.5 Å². The first-order valence-corrected chi connectivity index (χ1v) is 14.7. The van der Waals surface area contributed by atoms with Crippen molar-refractivity contribution in [1.82, 2.24) is 9.40 Å². The van der Waals surface area contributed by atoms with Gasteiger partial charge in [0.1, 0.15) is 0 Å². The molecule has 0 atom stereocenters. The Morgan fingerprint density at radius 1 is 0.944 bits per heavy atom. The van der Waals surface area contributed by atoms with Crippen LogP contribution in [0.5, 0.6) is 0 Å². The molecule has 1 aromatic heterocycles. The lowest BCUT2D eigenvalue weighted by Gasteiger charge is -2.25. The highest BCUT2D eigenvalue weighted by atomic mass is 32.2. The van der Waals surface area contributed by atoms with Crippen molar-refractivity contribution in [2.75, 3.05) is 0 Å². The van der Waals surface area contributed by atoms with Crippen LogP contribution in [0.25, 0.3) is 10.9 Å². The van der Waals surface area contributed by atoms with Crippen molar-refractivity contribution in [2.24, 2.45) is 12.1 Å². The van der Waals surface area contributed by atoms with Gasteiger partial charge in [-0.3, -0.25) is 0 Å². The van der Waals surface area contributed by atoms with Crippen molar-refractivity contribution in [2.45, 2.75) is 95.3 Å². The van der Waals surface area contributed by atoms with Gasteiger partial charge < -0.3 is 4.57 Å². The third-order valence-electron chi connectivity index (χ3n) is 7.76. The monoisotopic (exact) mass is 507 g/mol. The first-order valence-electron chi connectivity index (χ1n) is 13.2. The second-order valence-corrected chi connectivity index (χ2v) is 13.0. The zero-order chi connectivity index (χ0) is 26.3. The van der Waals surface area contributed by atoms with E-state index in [0.717, 1.165) is 36.8 Å². The average Bonchev–Trinajstić information content (AvgIpc) is 3.43. The van der Waals surface area contributed by atoms with E-state index in [1.807, 2.05) is 6.21 Å². The van der Waals surface area contributed by atoms with Gasteiger partial charge in [0.15, 0.2) is 0 Å². The molecule has 1 heterocycles. The van der Waals surface area contributed by atoms with Gasteiger partial charge in [0, 0.05) is 35.8 Å². The lowest BCUT2D eigenvalue weighted by atomic mass is 9.80. The average molecular weight is 508 g/mol. The topological polar surface area (TPSA) is 63.5 Å². The predicted molar refractivity (Wildman–Crippen MR) is 151 cm³/mol. The van der Waals surface area contributed by atoms with Crippen molar-refractivity contribution in [3.8, 4) is 0 Å². The lowest BCUT2D eigenvalue weighted by Crippen LogP contribution is -2.28. The first kappa shape index (κ1) is 26.5. The number of nitrogens with zero attached hydrogens (tertiary/aromatic N) is 2. The fourth-order valence-electron chi connectivity index (χ4n) is 5.68. The molecule has 4 rings (SSSR count). The highest BCUT2D eigenvalue weighted by molar-refractivity contribution is 7.89. The number of sulfonamides is 1.